The van der Waals surface area contributed by atoms with Crippen LogP contribution in [0.1, 0.15) is 12.0 Å². The van der Waals surface area contributed by atoms with Crippen molar-refractivity contribution >= 4 is 11.9 Å². The summed E-state index contributed by atoms with van der Waals surface area (Å²) in [6.07, 6.45) is 0.653. The Labute approximate surface area is 108 Å². The second kappa shape index (κ2) is 5.34. The molecule has 2 rings (SSSR count). The van der Waals surface area contributed by atoms with E-state index in [1.54, 1.807) is 0 Å². The number of rotatable bonds is 5. The molecular weight excluding hydrogens is 256 g/mol. The van der Waals surface area contributed by atoms with Crippen LogP contribution in [0.15, 0.2) is 18.2 Å². The van der Waals surface area contributed by atoms with Crippen molar-refractivity contribution in [3.05, 3.63) is 35.4 Å². The standard InChI is InChI=1S/C13H13F2NO3/c14-8-3-7(4-9(15)5-8)1-2-16-12(17)10-6-11(10)13(18)19/h3-5,10-11H,1-2,6H2,(H,16,17)(H,18,19). The monoisotopic (exact) mass is 269 g/mol. The number of carboxylic acid groups (broad SMARTS) is 1. The van der Waals surface area contributed by atoms with Gasteiger partial charge in [-0.05, 0) is 30.5 Å². The van der Waals surface area contributed by atoms with Crippen molar-refractivity contribution in [2.24, 2.45) is 11.8 Å². The minimum absolute atomic E-state index is 0.227. The highest BCUT2D eigenvalue weighted by Crippen LogP contribution is 2.38. The largest absolute Gasteiger partial charge is 0.481 e. The highest BCUT2D eigenvalue weighted by atomic mass is 19.1. The zero-order valence-corrected chi connectivity index (χ0v) is 10.0. The van der Waals surface area contributed by atoms with Gasteiger partial charge in [-0.2, -0.15) is 0 Å². The third-order valence-electron chi connectivity index (χ3n) is 3.08. The Balaban J connectivity index is 1.78. The number of amides is 1. The Bertz CT molecular complexity index is 498. The summed E-state index contributed by atoms with van der Waals surface area (Å²) >= 11 is 0. The first-order chi connectivity index (χ1) is 8.97. The summed E-state index contributed by atoms with van der Waals surface area (Å²) in [6, 6.07) is 3.18. The first kappa shape index (κ1) is 13.5. The summed E-state index contributed by atoms with van der Waals surface area (Å²) in [5.41, 5.74) is 0.448. The first-order valence-electron chi connectivity index (χ1n) is 5.93. The van der Waals surface area contributed by atoms with Crippen molar-refractivity contribution in [1.82, 2.24) is 5.32 Å². The molecule has 2 atom stereocenters. The predicted molar refractivity (Wildman–Crippen MR) is 62.3 cm³/mol. The van der Waals surface area contributed by atoms with Gasteiger partial charge < -0.3 is 10.4 Å². The van der Waals surface area contributed by atoms with Crippen LogP contribution in [0.25, 0.3) is 0 Å². The predicted octanol–water partition coefficient (Wildman–Crippen LogP) is 1.34. The molecule has 0 aromatic heterocycles. The molecule has 1 amide bonds. The number of carboxylic acids is 1. The molecule has 4 nitrogen and oxygen atoms in total. The summed E-state index contributed by atoms with van der Waals surface area (Å²) in [5.74, 6) is -3.66. The summed E-state index contributed by atoms with van der Waals surface area (Å²) < 4.78 is 25.8. The van der Waals surface area contributed by atoms with E-state index in [4.69, 9.17) is 5.11 Å². The maximum absolute atomic E-state index is 12.9. The second-order valence-corrected chi connectivity index (χ2v) is 4.61. The van der Waals surface area contributed by atoms with Crippen LogP contribution in [0.4, 0.5) is 8.78 Å². The number of carbonyl (C=O) groups is 2. The molecule has 1 fully saturated rings. The van der Waals surface area contributed by atoms with Crippen LogP contribution in [0.5, 0.6) is 0 Å². The molecule has 6 heteroatoms. The number of halogens is 2. The van der Waals surface area contributed by atoms with E-state index in [9.17, 15) is 18.4 Å². The van der Waals surface area contributed by atoms with Crippen LogP contribution in [0.2, 0.25) is 0 Å². The highest BCUT2D eigenvalue weighted by Gasteiger charge is 2.48. The Morgan fingerprint density at radius 1 is 1.21 bits per heavy atom. The molecule has 0 saturated heterocycles. The number of hydrogen-bond donors (Lipinski definition) is 2. The van der Waals surface area contributed by atoms with E-state index in [1.807, 2.05) is 0 Å². The molecule has 2 N–H and O–H groups in total. The van der Waals surface area contributed by atoms with Crippen molar-refractivity contribution < 1.29 is 23.5 Å². The quantitative estimate of drug-likeness (QED) is 0.847. The van der Waals surface area contributed by atoms with Crippen molar-refractivity contribution in [1.29, 1.82) is 0 Å². The Kier molecular flexibility index (Phi) is 3.78. The lowest BCUT2D eigenvalue weighted by molar-refractivity contribution is -0.140. The van der Waals surface area contributed by atoms with Gasteiger partial charge in [-0.25, -0.2) is 8.78 Å². The van der Waals surface area contributed by atoms with Crippen LogP contribution in [-0.4, -0.2) is 23.5 Å². The lowest BCUT2D eigenvalue weighted by Gasteiger charge is -2.05. The smallest absolute Gasteiger partial charge is 0.307 e. The van der Waals surface area contributed by atoms with E-state index in [1.165, 1.54) is 12.1 Å². The topological polar surface area (TPSA) is 66.4 Å². The molecule has 0 aliphatic heterocycles. The Hall–Kier alpha value is -1.98. The average Bonchev–Trinajstić information content (AvgIpc) is 3.07. The van der Waals surface area contributed by atoms with E-state index in [2.05, 4.69) is 5.32 Å². The highest BCUT2D eigenvalue weighted by molar-refractivity contribution is 5.89. The summed E-state index contributed by atoms with van der Waals surface area (Å²) in [5, 5.41) is 11.2. The summed E-state index contributed by atoms with van der Waals surface area (Å²) in [4.78, 5) is 22.1. The summed E-state index contributed by atoms with van der Waals surface area (Å²) in [7, 11) is 0. The summed E-state index contributed by atoms with van der Waals surface area (Å²) in [6.45, 7) is 0.227. The lowest BCUT2D eigenvalue weighted by Crippen LogP contribution is -2.28. The number of carbonyl (C=O) groups excluding carboxylic acids is 1. The molecule has 0 spiro atoms. The van der Waals surface area contributed by atoms with Crippen molar-refractivity contribution in [2.75, 3.05) is 6.54 Å². The molecule has 0 heterocycles. The van der Waals surface area contributed by atoms with E-state index < -0.39 is 29.4 Å². The van der Waals surface area contributed by atoms with Crippen LogP contribution in [0, 0.1) is 23.5 Å². The van der Waals surface area contributed by atoms with Crippen molar-refractivity contribution in [3.8, 4) is 0 Å². The second-order valence-electron chi connectivity index (χ2n) is 4.61. The molecule has 19 heavy (non-hydrogen) atoms. The number of hydrogen-bond acceptors (Lipinski definition) is 2. The van der Waals surface area contributed by atoms with Gasteiger partial charge in [-0.15, -0.1) is 0 Å². The van der Waals surface area contributed by atoms with E-state index >= 15 is 0 Å². The fourth-order valence-corrected chi connectivity index (χ4v) is 1.97. The van der Waals surface area contributed by atoms with Crippen LogP contribution in [0.3, 0.4) is 0 Å². The molecule has 1 aliphatic rings. The Morgan fingerprint density at radius 3 is 2.37 bits per heavy atom. The van der Waals surface area contributed by atoms with Gasteiger partial charge in [0.05, 0.1) is 11.8 Å². The minimum atomic E-state index is -0.965. The Morgan fingerprint density at radius 2 is 1.84 bits per heavy atom. The van der Waals surface area contributed by atoms with Crippen LogP contribution >= 0.6 is 0 Å². The molecule has 1 aliphatic carbocycles. The fraction of sp³-hybridized carbons (Fsp3) is 0.385. The van der Waals surface area contributed by atoms with Gasteiger partial charge >= 0.3 is 5.97 Å². The lowest BCUT2D eigenvalue weighted by atomic mass is 10.1. The zero-order chi connectivity index (χ0) is 14.0. The molecule has 1 aromatic carbocycles. The third kappa shape index (κ3) is 3.49. The molecule has 1 aromatic rings. The van der Waals surface area contributed by atoms with Crippen molar-refractivity contribution in [3.63, 3.8) is 0 Å². The molecule has 2 unspecified atom stereocenters. The van der Waals surface area contributed by atoms with E-state index in [0.29, 0.717) is 18.4 Å². The van der Waals surface area contributed by atoms with Gasteiger partial charge in [-0.3, -0.25) is 9.59 Å². The molecule has 102 valence electrons. The molecule has 1 saturated carbocycles. The average molecular weight is 269 g/mol. The van der Waals surface area contributed by atoms with Gasteiger partial charge in [0.1, 0.15) is 11.6 Å². The van der Waals surface area contributed by atoms with Gasteiger partial charge in [-0.1, -0.05) is 0 Å². The van der Waals surface area contributed by atoms with Gasteiger partial charge in [0.25, 0.3) is 0 Å². The SMILES string of the molecule is O=C(O)C1CC1C(=O)NCCc1cc(F)cc(F)c1. The van der Waals surface area contributed by atoms with Crippen molar-refractivity contribution in [2.45, 2.75) is 12.8 Å². The van der Waals surface area contributed by atoms with Gasteiger partial charge in [0.15, 0.2) is 0 Å². The number of benzene rings is 1. The van der Waals surface area contributed by atoms with Gasteiger partial charge in [0, 0.05) is 12.6 Å². The third-order valence-corrected chi connectivity index (χ3v) is 3.08. The molecular formula is C13H13F2NO3. The first-order valence-corrected chi connectivity index (χ1v) is 5.93. The minimum Gasteiger partial charge on any atom is -0.481 e. The zero-order valence-electron chi connectivity index (χ0n) is 10.0. The van der Waals surface area contributed by atoms with E-state index in [0.717, 1.165) is 6.07 Å². The number of nitrogens with one attached hydrogen (secondary N) is 1. The number of aliphatic carboxylic acids is 1. The fourth-order valence-electron chi connectivity index (χ4n) is 1.97. The molecule has 0 bridgehead atoms. The normalized spacial score (nSPS) is 20.9. The van der Waals surface area contributed by atoms with Crippen LogP contribution < -0.4 is 5.32 Å². The van der Waals surface area contributed by atoms with Crippen LogP contribution in [-0.2, 0) is 16.0 Å². The maximum atomic E-state index is 12.9. The maximum Gasteiger partial charge on any atom is 0.307 e. The molecule has 0 radical (unpaired) electrons. The van der Waals surface area contributed by atoms with E-state index in [-0.39, 0.29) is 12.5 Å². The van der Waals surface area contributed by atoms with Gasteiger partial charge in [0.2, 0.25) is 5.91 Å².